The molecule has 0 spiro atoms. The van der Waals surface area contributed by atoms with Crippen LogP contribution in [-0.4, -0.2) is 60.5 Å². The number of carbonyl (C=O) groups is 1. The molecule has 0 radical (unpaired) electrons. The number of H-pyrrole nitrogens is 1. The number of alkyl halides is 3. The number of benzene rings is 1. The number of aromatic nitrogens is 4. The van der Waals surface area contributed by atoms with E-state index in [9.17, 15) is 21.8 Å². The molecule has 1 aromatic carbocycles. The van der Waals surface area contributed by atoms with Gasteiger partial charge in [0.15, 0.2) is 11.6 Å². The van der Waals surface area contributed by atoms with E-state index >= 15 is 0 Å². The Morgan fingerprint density at radius 3 is 2.56 bits per heavy atom. The van der Waals surface area contributed by atoms with Gasteiger partial charge in [0.1, 0.15) is 16.4 Å². The van der Waals surface area contributed by atoms with Crippen LogP contribution in [0.5, 0.6) is 0 Å². The number of hydrogen-bond donors (Lipinski definition) is 3. The van der Waals surface area contributed by atoms with Gasteiger partial charge in [0.2, 0.25) is 5.95 Å². The third kappa shape index (κ3) is 6.56. The number of fused-ring (bicyclic) bond motifs is 1. The summed E-state index contributed by atoms with van der Waals surface area (Å²) < 4.78 is 63.5. The lowest BCUT2D eigenvalue weighted by Gasteiger charge is -2.32. The van der Waals surface area contributed by atoms with E-state index in [1.54, 1.807) is 18.4 Å². The molecule has 6 rings (SSSR count). The van der Waals surface area contributed by atoms with E-state index in [-0.39, 0.29) is 5.82 Å². The zero-order valence-electron chi connectivity index (χ0n) is 21.3. The van der Waals surface area contributed by atoms with Crippen molar-refractivity contribution in [2.45, 2.75) is 36.3 Å². The number of aryl methyl sites for hydroxylation is 1. The van der Waals surface area contributed by atoms with Crippen LogP contribution in [0.4, 0.5) is 35.0 Å². The maximum atomic E-state index is 13.7. The molecule has 1 fully saturated rings. The van der Waals surface area contributed by atoms with Crippen LogP contribution in [0.15, 0.2) is 58.0 Å². The Labute approximate surface area is 233 Å². The van der Waals surface area contributed by atoms with Crippen molar-refractivity contribution in [2.75, 3.05) is 29.1 Å². The molecule has 15 heteroatoms. The largest absolute Gasteiger partial charge is 0.490 e. The van der Waals surface area contributed by atoms with Gasteiger partial charge in [-0.1, -0.05) is 6.07 Å². The molecule has 2 aliphatic heterocycles. The van der Waals surface area contributed by atoms with Crippen molar-refractivity contribution in [3.05, 3.63) is 65.9 Å². The molecule has 10 nitrogen and oxygen atoms in total. The number of aliphatic carboxylic acids is 1. The fourth-order valence-electron chi connectivity index (χ4n) is 4.60. The average Bonchev–Trinajstić information content (AvgIpc) is 3.70. The number of anilines is 3. The van der Waals surface area contributed by atoms with E-state index in [1.165, 1.54) is 12.1 Å². The van der Waals surface area contributed by atoms with Gasteiger partial charge < -0.3 is 19.7 Å². The first-order chi connectivity index (χ1) is 19.6. The predicted molar refractivity (Wildman–Crippen MR) is 141 cm³/mol. The summed E-state index contributed by atoms with van der Waals surface area (Å²) in [6.45, 7) is 1.59. The van der Waals surface area contributed by atoms with E-state index < -0.39 is 22.9 Å². The lowest BCUT2D eigenvalue weighted by molar-refractivity contribution is -0.192. The molecule has 3 aromatic heterocycles. The van der Waals surface area contributed by atoms with Gasteiger partial charge in [-0.15, -0.1) is 0 Å². The molecule has 216 valence electrons. The molecule has 5 heterocycles. The normalized spacial score (nSPS) is 17.1. The lowest BCUT2D eigenvalue weighted by atomic mass is 9.93. The van der Waals surface area contributed by atoms with Crippen molar-refractivity contribution in [2.24, 2.45) is 0 Å². The van der Waals surface area contributed by atoms with E-state index in [0.717, 1.165) is 48.8 Å². The Bertz CT molecular complexity index is 1550. The van der Waals surface area contributed by atoms with Gasteiger partial charge in [-0.3, -0.25) is 9.31 Å². The molecule has 41 heavy (non-hydrogen) atoms. The number of carboxylic acids is 1. The monoisotopic (exact) mass is 592 g/mol. The smallest absolute Gasteiger partial charge is 0.475 e. The Morgan fingerprint density at radius 1 is 1.15 bits per heavy atom. The van der Waals surface area contributed by atoms with Crippen LogP contribution in [0.2, 0.25) is 0 Å². The molecule has 1 saturated heterocycles. The van der Waals surface area contributed by atoms with Crippen LogP contribution in [0.25, 0.3) is 11.5 Å². The fourth-order valence-corrected chi connectivity index (χ4v) is 5.91. The summed E-state index contributed by atoms with van der Waals surface area (Å²) in [5.41, 5.74) is 3.29. The minimum absolute atomic E-state index is 0.340. The second kappa shape index (κ2) is 11.7. The number of piperidine rings is 1. The van der Waals surface area contributed by atoms with Gasteiger partial charge in [0.05, 0.1) is 22.8 Å². The minimum atomic E-state index is -5.08. The molecule has 1 unspecified atom stereocenters. The number of furan rings is 1. The molecule has 0 amide bonds. The van der Waals surface area contributed by atoms with Crippen LogP contribution in [-0.2, 0) is 22.0 Å². The van der Waals surface area contributed by atoms with E-state index in [4.69, 9.17) is 24.3 Å². The Kier molecular flexibility index (Phi) is 8.06. The number of halogens is 4. The molecule has 4 aromatic rings. The molecule has 0 saturated carbocycles. The molecular weight excluding hydrogens is 568 g/mol. The zero-order chi connectivity index (χ0) is 29.1. The van der Waals surface area contributed by atoms with Gasteiger partial charge in [0.25, 0.3) is 0 Å². The van der Waals surface area contributed by atoms with E-state index in [0.29, 0.717) is 40.4 Å². The van der Waals surface area contributed by atoms with Crippen LogP contribution in [0.3, 0.4) is 0 Å². The van der Waals surface area contributed by atoms with Gasteiger partial charge >= 0.3 is 12.1 Å². The fraction of sp³-hybridized carbons (Fsp3) is 0.308. The molecular formula is C26H24F4N6O4S. The maximum absolute atomic E-state index is 13.7. The maximum Gasteiger partial charge on any atom is 0.490 e. The second-order valence-electron chi connectivity index (χ2n) is 9.33. The average molecular weight is 593 g/mol. The third-order valence-corrected chi connectivity index (χ3v) is 8.05. The highest BCUT2D eigenvalue weighted by atomic mass is 32.2. The first kappa shape index (κ1) is 28.3. The predicted octanol–water partition coefficient (Wildman–Crippen LogP) is 5.02. The highest BCUT2D eigenvalue weighted by molar-refractivity contribution is 7.85. The topological polar surface area (TPSA) is 137 Å². The molecule has 2 aliphatic rings. The number of aromatic amines is 1. The number of rotatable bonds is 5. The van der Waals surface area contributed by atoms with Gasteiger partial charge in [-0.25, -0.2) is 14.2 Å². The summed E-state index contributed by atoms with van der Waals surface area (Å²) in [4.78, 5) is 21.2. The molecule has 1 atom stereocenters. The summed E-state index contributed by atoms with van der Waals surface area (Å²) in [7, 11) is -1.16. The molecule has 3 N–H and O–H groups in total. The summed E-state index contributed by atoms with van der Waals surface area (Å²) in [5, 5.41) is 17.9. The van der Waals surface area contributed by atoms with Crippen LogP contribution in [0.1, 0.15) is 30.1 Å². The van der Waals surface area contributed by atoms with Crippen molar-refractivity contribution in [3.8, 4) is 11.5 Å². The highest BCUT2D eigenvalue weighted by Gasteiger charge is 2.38. The zero-order valence-corrected chi connectivity index (χ0v) is 22.1. The third-order valence-electron chi connectivity index (χ3n) is 6.59. The first-order valence-electron chi connectivity index (χ1n) is 12.5. The van der Waals surface area contributed by atoms with Crippen molar-refractivity contribution >= 4 is 34.2 Å². The summed E-state index contributed by atoms with van der Waals surface area (Å²) >= 11 is 0. The number of nitrogens with zero attached hydrogens (tertiary/aromatic N) is 4. The summed E-state index contributed by atoms with van der Waals surface area (Å²) in [5.74, 6) is -0.330. The van der Waals surface area contributed by atoms with Crippen LogP contribution < -0.4 is 10.2 Å². The lowest BCUT2D eigenvalue weighted by Crippen LogP contribution is -2.34. The van der Waals surface area contributed by atoms with E-state index in [2.05, 4.69) is 26.5 Å². The minimum Gasteiger partial charge on any atom is -0.475 e. The summed E-state index contributed by atoms with van der Waals surface area (Å²) in [6.07, 6.45) is -0.932. The second-order valence-corrected chi connectivity index (χ2v) is 10.8. The first-order valence-corrected chi connectivity index (χ1v) is 13.9. The van der Waals surface area contributed by atoms with Crippen LogP contribution in [0, 0.1) is 5.82 Å². The van der Waals surface area contributed by atoms with Crippen molar-refractivity contribution in [1.82, 2.24) is 20.2 Å². The van der Waals surface area contributed by atoms with Gasteiger partial charge in [0, 0.05) is 42.6 Å². The van der Waals surface area contributed by atoms with Gasteiger partial charge in [-0.05, 0) is 49.2 Å². The van der Waals surface area contributed by atoms with Gasteiger partial charge in [-0.2, -0.15) is 23.3 Å². The van der Waals surface area contributed by atoms with E-state index in [1.807, 2.05) is 12.1 Å². The van der Waals surface area contributed by atoms with Crippen molar-refractivity contribution < 1.29 is 36.1 Å². The summed E-state index contributed by atoms with van der Waals surface area (Å²) in [6, 6.07) is 12.0. The number of nitrogens with one attached hydrogen (secondary N) is 2. The molecule has 0 aliphatic carbocycles. The quantitative estimate of drug-likeness (QED) is 0.273. The number of hydrogen-bond acceptors (Lipinski definition) is 8. The number of carboxylic acid groups (broad SMARTS) is 1. The van der Waals surface area contributed by atoms with Crippen molar-refractivity contribution in [1.29, 1.82) is 0 Å². The SMILES string of the molecule is O=C(O)C(F)(F)F.O=S1CCc2nc(N3CCC(c4cc(-c5ccco5)n[nH]4)CC3)nc(Nc3cccc(F)c3)c21. The van der Waals surface area contributed by atoms with Crippen molar-refractivity contribution in [3.63, 3.8) is 0 Å². The molecule has 0 bridgehead atoms. The van der Waals surface area contributed by atoms with Crippen LogP contribution >= 0.6 is 0 Å². The Hall–Kier alpha value is -4.27. The standard InChI is InChI=1S/C24H23FN6O2S.C2HF3O2/c25-16-3-1-4-17(13-16)26-23-22-18(8-12-34(22)32)27-24(28-23)31-9-6-15(7-10-31)19-14-20(30-29-19)21-5-2-11-33-21;3-2(4,5)1(6)7/h1-5,11,13-15H,6-10,12H2,(H,29,30)(H,26,27,28);(H,6,7). The Morgan fingerprint density at radius 2 is 1.90 bits per heavy atom. The Balaban J connectivity index is 0.000000431. The highest BCUT2D eigenvalue weighted by Crippen LogP contribution is 2.34.